The van der Waals surface area contributed by atoms with Gasteiger partial charge in [0.05, 0.1) is 18.8 Å². The molecule has 4 rings (SSSR count). The van der Waals surface area contributed by atoms with Gasteiger partial charge in [-0.25, -0.2) is 9.97 Å². The molecule has 2 aliphatic heterocycles. The average molecular weight is 550 g/mol. The molecule has 0 aliphatic carbocycles. The number of fused-ring (bicyclic) bond motifs is 1. The molecular weight excluding hydrogens is 511 g/mol. The molecule has 0 unspecified atom stereocenters. The second kappa shape index (κ2) is 13.1. The highest BCUT2D eigenvalue weighted by atomic mass is 19.4. The first-order valence-electron chi connectivity index (χ1n) is 13.6. The van der Waals surface area contributed by atoms with Crippen molar-refractivity contribution in [3.05, 3.63) is 52.6 Å². The van der Waals surface area contributed by atoms with Gasteiger partial charge in [0.25, 0.3) is 5.91 Å². The molecule has 0 bridgehead atoms. The van der Waals surface area contributed by atoms with Crippen molar-refractivity contribution in [2.45, 2.75) is 57.8 Å². The van der Waals surface area contributed by atoms with Crippen LogP contribution in [0.5, 0.6) is 5.75 Å². The van der Waals surface area contributed by atoms with Gasteiger partial charge in [0.2, 0.25) is 5.82 Å². The largest absolute Gasteiger partial charge is 0.493 e. The lowest BCUT2D eigenvalue weighted by molar-refractivity contribution is -0.145. The minimum Gasteiger partial charge on any atom is -0.493 e. The topological polar surface area (TPSA) is 79.8 Å². The monoisotopic (exact) mass is 549 g/mol. The van der Waals surface area contributed by atoms with E-state index in [0.717, 1.165) is 62.5 Å². The number of carbonyl (C=O) groups excluding carboxylic acids is 1. The molecule has 1 N–H and O–H groups in total. The summed E-state index contributed by atoms with van der Waals surface area (Å²) in [6.07, 6.45) is 1.29. The predicted octanol–water partition coefficient (Wildman–Crippen LogP) is 4.17. The Morgan fingerprint density at radius 2 is 1.85 bits per heavy atom. The average Bonchev–Trinajstić information content (AvgIpc) is 2.93. The van der Waals surface area contributed by atoms with Crippen LogP contribution in [0.15, 0.2) is 24.5 Å². The van der Waals surface area contributed by atoms with Crippen molar-refractivity contribution in [1.82, 2.24) is 25.1 Å². The Morgan fingerprint density at radius 3 is 2.56 bits per heavy atom. The Kier molecular flexibility index (Phi) is 9.79. The summed E-state index contributed by atoms with van der Waals surface area (Å²) in [6, 6.07) is 4.70. The van der Waals surface area contributed by atoms with Crippen molar-refractivity contribution >= 4 is 5.91 Å². The van der Waals surface area contributed by atoms with Gasteiger partial charge >= 0.3 is 6.18 Å². The number of hydrogen-bond donors (Lipinski definition) is 1. The van der Waals surface area contributed by atoms with Crippen molar-refractivity contribution < 1.29 is 27.4 Å². The van der Waals surface area contributed by atoms with Crippen LogP contribution in [0.1, 0.15) is 64.6 Å². The number of benzene rings is 1. The number of alkyl halides is 3. The van der Waals surface area contributed by atoms with E-state index in [1.54, 1.807) is 12.0 Å². The van der Waals surface area contributed by atoms with E-state index in [0.29, 0.717) is 32.8 Å². The van der Waals surface area contributed by atoms with E-state index >= 15 is 0 Å². The fourth-order valence-electron chi connectivity index (χ4n) is 5.55. The van der Waals surface area contributed by atoms with Crippen LogP contribution in [0.3, 0.4) is 0 Å². The lowest BCUT2D eigenvalue weighted by Gasteiger charge is -2.48. The molecule has 0 saturated carbocycles. The second-order valence-electron chi connectivity index (χ2n) is 10.2. The minimum absolute atomic E-state index is 0.0802. The van der Waals surface area contributed by atoms with E-state index in [9.17, 15) is 18.0 Å². The highest BCUT2D eigenvalue weighted by Crippen LogP contribution is 2.39. The van der Waals surface area contributed by atoms with Gasteiger partial charge in [-0.3, -0.25) is 9.69 Å². The number of ether oxygens (including phenoxy) is 2. The number of methoxy groups -OCH3 is 1. The van der Waals surface area contributed by atoms with E-state index in [2.05, 4.69) is 46.2 Å². The SMILES string of the molecule is COCCNCCCOc1ccc([C@H]2CCC[C@H]3CN(C(=O)c4cnc(C(F)(F)F)nc4)CCN32)c(C)c1C. The van der Waals surface area contributed by atoms with Crippen LogP contribution in [0, 0.1) is 13.8 Å². The molecule has 214 valence electrons. The third kappa shape index (κ3) is 7.06. The fourth-order valence-corrected chi connectivity index (χ4v) is 5.55. The molecule has 11 heteroatoms. The van der Waals surface area contributed by atoms with Crippen LogP contribution in [-0.2, 0) is 10.9 Å². The predicted molar refractivity (Wildman–Crippen MR) is 141 cm³/mol. The van der Waals surface area contributed by atoms with Gasteiger partial charge in [-0.1, -0.05) is 6.07 Å². The number of nitrogens with zero attached hydrogens (tertiary/aromatic N) is 4. The maximum absolute atomic E-state index is 13.0. The summed E-state index contributed by atoms with van der Waals surface area (Å²) >= 11 is 0. The summed E-state index contributed by atoms with van der Waals surface area (Å²) in [5.41, 5.74) is 3.76. The van der Waals surface area contributed by atoms with E-state index in [1.807, 2.05) is 0 Å². The Bertz CT molecular complexity index is 1110. The van der Waals surface area contributed by atoms with Crippen molar-refractivity contribution in [2.24, 2.45) is 0 Å². The first kappa shape index (κ1) is 29.2. The quantitative estimate of drug-likeness (QED) is 0.446. The zero-order valence-corrected chi connectivity index (χ0v) is 22.9. The van der Waals surface area contributed by atoms with E-state index in [4.69, 9.17) is 9.47 Å². The number of halogens is 3. The third-order valence-electron chi connectivity index (χ3n) is 7.76. The number of rotatable bonds is 10. The Labute approximate surface area is 227 Å². The molecular formula is C28H38F3N5O3. The number of piperidine rings is 1. The zero-order valence-electron chi connectivity index (χ0n) is 22.9. The molecule has 2 fully saturated rings. The van der Waals surface area contributed by atoms with E-state index in [-0.39, 0.29) is 23.6 Å². The Hall–Kier alpha value is -2.76. The molecule has 8 nitrogen and oxygen atoms in total. The zero-order chi connectivity index (χ0) is 28.0. The maximum atomic E-state index is 13.0. The molecule has 3 heterocycles. The van der Waals surface area contributed by atoms with Crippen LogP contribution in [0.2, 0.25) is 0 Å². The lowest BCUT2D eigenvalue weighted by atomic mass is 9.86. The van der Waals surface area contributed by atoms with Crippen LogP contribution >= 0.6 is 0 Å². The number of piperazine rings is 1. The number of aromatic nitrogens is 2. The summed E-state index contributed by atoms with van der Waals surface area (Å²) < 4.78 is 49.5. The molecule has 0 radical (unpaired) electrons. The van der Waals surface area contributed by atoms with Crippen LogP contribution in [-0.4, -0.2) is 84.8 Å². The summed E-state index contributed by atoms with van der Waals surface area (Å²) in [6.45, 7) is 9.05. The number of nitrogens with one attached hydrogen (secondary N) is 1. The van der Waals surface area contributed by atoms with Gasteiger partial charge in [0, 0.05) is 57.8 Å². The molecule has 2 atom stereocenters. The van der Waals surface area contributed by atoms with Gasteiger partial charge in [-0.15, -0.1) is 0 Å². The lowest BCUT2D eigenvalue weighted by Crippen LogP contribution is -2.57. The van der Waals surface area contributed by atoms with Gasteiger partial charge in [0.1, 0.15) is 5.75 Å². The van der Waals surface area contributed by atoms with Gasteiger partial charge in [0.15, 0.2) is 0 Å². The maximum Gasteiger partial charge on any atom is 0.451 e. The second-order valence-corrected chi connectivity index (χ2v) is 10.2. The number of carbonyl (C=O) groups is 1. The van der Waals surface area contributed by atoms with Crippen molar-refractivity contribution in [2.75, 3.05) is 53.0 Å². The molecule has 2 saturated heterocycles. The Balaban J connectivity index is 1.36. The molecule has 39 heavy (non-hydrogen) atoms. The standard InChI is InChI=1S/C28H38F3N5O3/c1-19-20(2)25(39-14-5-10-32-11-15-38-3)9-8-23(19)24-7-4-6-22-18-35(12-13-36(22)24)26(37)21-16-33-27(34-17-21)28(29,30)31/h8-9,16-17,22,24,32H,4-7,10-15,18H2,1-3H3/t22-,24+/m0/s1. The molecule has 2 aromatic rings. The molecule has 1 aromatic carbocycles. The minimum atomic E-state index is -4.63. The van der Waals surface area contributed by atoms with Crippen molar-refractivity contribution in [3.63, 3.8) is 0 Å². The third-order valence-corrected chi connectivity index (χ3v) is 7.76. The fraction of sp³-hybridized carbons (Fsp3) is 0.607. The summed E-state index contributed by atoms with van der Waals surface area (Å²) in [5, 5.41) is 3.32. The number of amides is 1. The van der Waals surface area contributed by atoms with Crippen LogP contribution < -0.4 is 10.1 Å². The van der Waals surface area contributed by atoms with E-state index in [1.165, 1.54) is 11.1 Å². The van der Waals surface area contributed by atoms with Crippen LogP contribution in [0.25, 0.3) is 0 Å². The first-order valence-corrected chi connectivity index (χ1v) is 13.6. The first-order chi connectivity index (χ1) is 18.7. The van der Waals surface area contributed by atoms with E-state index < -0.39 is 12.0 Å². The molecule has 0 spiro atoms. The van der Waals surface area contributed by atoms with Gasteiger partial charge < -0.3 is 19.7 Å². The highest BCUT2D eigenvalue weighted by molar-refractivity contribution is 5.93. The smallest absolute Gasteiger partial charge is 0.451 e. The van der Waals surface area contributed by atoms with Crippen molar-refractivity contribution in [1.29, 1.82) is 0 Å². The Morgan fingerprint density at radius 1 is 1.08 bits per heavy atom. The van der Waals surface area contributed by atoms with Gasteiger partial charge in [-0.05, 0) is 68.8 Å². The normalized spacial score (nSPS) is 20.1. The van der Waals surface area contributed by atoms with Crippen molar-refractivity contribution in [3.8, 4) is 5.75 Å². The summed E-state index contributed by atoms with van der Waals surface area (Å²) in [7, 11) is 1.69. The van der Waals surface area contributed by atoms with Gasteiger partial charge in [-0.2, -0.15) is 13.2 Å². The number of hydrogen-bond acceptors (Lipinski definition) is 7. The summed E-state index contributed by atoms with van der Waals surface area (Å²) in [5.74, 6) is -0.654. The molecule has 2 aliphatic rings. The summed E-state index contributed by atoms with van der Waals surface area (Å²) in [4.78, 5) is 23.9. The molecule has 1 amide bonds. The molecule has 1 aromatic heterocycles. The highest BCUT2D eigenvalue weighted by Gasteiger charge is 2.38. The van der Waals surface area contributed by atoms with Crippen LogP contribution in [0.4, 0.5) is 13.2 Å².